The highest BCUT2D eigenvalue weighted by molar-refractivity contribution is 7.17. The molecule has 11 heteroatoms. The molecule has 3 heterocycles. The predicted molar refractivity (Wildman–Crippen MR) is 132 cm³/mol. The molecule has 4 rings (SSSR count). The van der Waals surface area contributed by atoms with Crippen molar-refractivity contribution in [3.8, 4) is 22.1 Å². The number of aromatic carboxylic acids is 1. The second-order valence-corrected chi connectivity index (χ2v) is 9.01. The molecule has 35 heavy (non-hydrogen) atoms. The quantitative estimate of drug-likeness (QED) is 0.254. The van der Waals surface area contributed by atoms with Crippen LogP contribution in [-0.4, -0.2) is 40.9 Å². The molecule has 3 aromatic heterocycles. The van der Waals surface area contributed by atoms with Crippen LogP contribution < -0.4 is 14.8 Å². The van der Waals surface area contributed by atoms with Gasteiger partial charge in [0.25, 0.3) is 0 Å². The van der Waals surface area contributed by atoms with Gasteiger partial charge in [0.15, 0.2) is 10.7 Å². The Labute approximate surface area is 208 Å². The van der Waals surface area contributed by atoms with Crippen molar-refractivity contribution in [2.24, 2.45) is 0 Å². The van der Waals surface area contributed by atoms with Crippen LogP contribution in [0.4, 0.5) is 14.5 Å². The average molecular weight is 522 g/mol. The molecule has 0 aliphatic heterocycles. The number of aryl methyl sites for hydroxylation is 1. The zero-order valence-electron chi connectivity index (χ0n) is 19.1. The summed E-state index contributed by atoms with van der Waals surface area (Å²) in [6.45, 7) is 4.43. The molecule has 0 aliphatic carbocycles. The van der Waals surface area contributed by atoms with E-state index >= 15 is 4.39 Å². The number of pyridine rings is 1. The van der Waals surface area contributed by atoms with E-state index in [2.05, 4.69) is 10.3 Å². The minimum Gasteiger partial charge on any atom is -0.496 e. The largest absolute Gasteiger partial charge is 0.496 e. The van der Waals surface area contributed by atoms with Gasteiger partial charge in [-0.3, -0.25) is 0 Å². The van der Waals surface area contributed by atoms with E-state index in [0.29, 0.717) is 23.2 Å². The lowest BCUT2D eigenvalue weighted by molar-refractivity contribution is 0.0698. The highest BCUT2D eigenvalue weighted by atomic mass is 35.5. The zero-order valence-corrected chi connectivity index (χ0v) is 20.7. The predicted octanol–water partition coefficient (Wildman–Crippen LogP) is 6.22. The first-order valence-electron chi connectivity index (χ1n) is 10.7. The van der Waals surface area contributed by atoms with Gasteiger partial charge in [0, 0.05) is 36.3 Å². The second kappa shape index (κ2) is 10.1. The maximum atomic E-state index is 15.4. The number of rotatable bonds is 9. The van der Waals surface area contributed by atoms with Gasteiger partial charge >= 0.3 is 5.97 Å². The van der Waals surface area contributed by atoms with Gasteiger partial charge in [0.1, 0.15) is 28.2 Å². The fraction of sp³-hybridized carbons (Fsp3) is 0.250. The number of aromatic nitrogens is 2. The summed E-state index contributed by atoms with van der Waals surface area (Å²) in [7, 11) is 1.53. The first-order valence-corrected chi connectivity index (χ1v) is 11.9. The number of nitrogens with one attached hydrogen (secondary N) is 1. The summed E-state index contributed by atoms with van der Waals surface area (Å²) >= 11 is 7.00. The maximum absolute atomic E-state index is 15.4. The first kappa shape index (κ1) is 24.7. The summed E-state index contributed by atoms with van der Waals surface area (Å²) in [6.07, 6.45) is 0. The molecule has 1 aromatic carbocycles. The van der Waals surface area contributed by atoms with Gasteiger partial charge in [0.05, 0.1) is 29.8 Å². The minimum absolute atomic E-state index is 0.0329. The number of carbonyl (C=O) groups is 1. The van der Waals surface area contributed by atoms with Gasteiger partial charge in [-0.05, 0) is 32.0 Å². The topological polar surface area (TPSA) is 85.6 Å². The highest BCUT2D eigenvalue weighted by Crippen LogP contribution is 2.39. The lowest BCUT2D eigenvalue weighted by Crippen LogP contribution is -2.13. The molecule has 7 nitrogen and oxygen atoms in total. The summed E-state index contributed by atoms with van der Waals surface area (Å²) in [5.41, 5.74) is 1.23. The Hall–Kier alpha value is -3.37. The van der Waals surface area contributed by atoms with E-state index in [-0.39, 0.29) is 51.0 Å². The van der Waals surface area contributed by atoms with Gasteiger partial charge in [-0.15, -0.1) is 11.3 Å². The van der Waals surface area contributed by atoms with E-state index in [1.165, 1.54) is 25.3 Å². The van der Waals surface area contributed by atoms with Crippen molar-refractivity contribution in [3.05, 3.63) is 57.7 Å². The van der Waals surface area contributed by atoms with E-state index < -0.39 is 11.8 Å². The van der Waals surface area contributed by atoms with E-state index in [4.69, 9.17) is 21.1 Å². The van der Waals surface area contributed by atoms with E-state index in [9.17, 15) is 14.3 Å². The number of thiophene rings is 1. The van der Waals surface area contributed by atoms with Crippen molar-refractivity contribution >= 4 is 45.5 Å². The lowest BCUT2D eigenvalue weighted by Gasteiger charge is -2.13. The van der Waals surface area contributed by atoms with Crippen LogP contribution in [0.25, 0.3) is 21.5 Å². The summed E-state index contributed by atoms with van der Waals surface area (Å²) in [6, 6.07) is 7.55. The van der Waals surface area contributed by atoms with Crippen LogP contribution in [0.2, 0.25) is 5.15 Å². The second-order valence-electron chi connectivity index (χ2n) is 7.57. The van der Waals surface area contributed by atoms with Crippen LogP contribution in [-0.2, 0) is 6.54 Å². The number of methoxy groups -OCH3 is 1. The van der Waals surface area contributed by atoms with Crippen LogP contribution in [0.15, 0.2) is 30.3 Å². The Morgan fingerprint density at radius 3 is 2.71 bits per heavy atom. The van der Waals surface area contributed by atoms with Crippen molar-refractivity contribution < 1.29 is 28.2 Å². The van der Waals surface area contributed by atoms with Crippen LogP contribution >= 0.6 is 22.9 Å². The molecule has 0 atom stereocenters. The summed E-state index contributed by atoms with van der Waals surface area (Å²) in [4.78, 5) is 15.8. The third-order valence-electron chi connectivity index (χ3n) is 5.40. The van der Waals surface area contributed by atoms with Gasteiger partial charge in [-0.2, -0.15) is 0 Å². The number of hydrogen-bond acceptors (Lipinski definition) is 6. The zero-order chi connectivity index (χ0) is 25.3. The molecule has 4 aromatic rings. The Bertz CT molecular complexity index is 1420. The number of benzene rings is 1. The molecule has 0 saturated heterocycles. The molecular formula is C24H22ClF2N3O4S. The standard InChI is InChI=1S/C24H22ClF2N3O4S/c1-4-34-17-11-18(35-23(17)24(31)32)21-20(27)15(10-19(25)29-21)28-7-8-30-12(2)9-13-16(33-3)6-5-14(26)22(13)30/h5-6,9-11H,4,7-8H2,1-3H3,(H,28,29)(H,31,32). The molecule has 0 radical (unpaired) electrons. The number of fused-ring (bicyclic) bond motifs is 1. The van der Waals surface area contributed by atoms with Crippen molar-refractivity contribution in [2.45, 2.75) is 20.4 Å². The number of anilines is 1. The van der Waals surface area contributed by atoms with Crippen LogP contribution in [0, 0.1) is 18.6 Å². The monoisotopic (exact) mass is 521 g/mol. The van der Waals surface area contributed by atoms with Crippen molar-refractivity contribution in [1.29, 1.82) is 0 Å². The molecule has 184 valence electrons. The van der Waals surface area contributed by atoms with Gasteiger partial charge in [-0.25, -0.2) is 18.6 Å². The third-order valence-corrected chi connectivity index (χ3v) is 6.70. The van der Waals surface area contributed by atoms with Gasteiger partial charge in [0.2, 0.25) is 0 Å². The fourth-order valence-electron chi connectivity index (χ4n) is 3.90. The molecule has 0 aliphatic rings. The Morgan fingerprint density at radius 2 is 2.03 bits per heavy atom. The molecule has 0 unspecified atom stereocenters. The van der Waals surface area contributed by atoms with Crippen molar-refractivity contribution in [3.63, 3.8) is 0 Å². The van der Waals surface area contributed by atoms with Gasteiger partial charge in [-0.1, -0.05) is 11.6 Å². The number of halogens is 3. The number of nitrogens with zero attached hydrogens (tertiary/aromatic N) is 2. The lowest BCUT2D eigenvalue weighted by atomic mass is 10.2. The van der Waals surface area contributed by atoms with Crippen LogP contribution in [0.5, 0.6) is 11.5 Å². The highest BCUT2D eigenvalue weighted by Gasteiger charge is 2.22. The SMILES string of the molecule is CCOc1cc(-c2nc(Cl)cc(NCCn3c(C)cc4c(OC)ccc(F)c43)c2F)sc1C(=O)O. The summed E-state index contributed by atoms with van der Waals surface area (Å²) in [5.74, 6) is -1.54. The number of carboxylic acid groups (broad SMARTS) is 1. The Morgan fingerprint density at radius 1 is 1.26 bits per heavy atom. The van der Waals surface area contributed by atoms with E-state index in [1.54, 1.807) is 17.6 Å². The van der Waals surface area contributed by atoms with E-state index in [1.807, 2.05) is 13.0 Å². The average Bonchev–Trinajstić information content (AvgIpc) is 3.38. The number of carboxylic acids is 1. The minimum atomic E-state index is -1.18. The summed E-state index contributed by atoms with van der Waals surface area (Å²) < 4.78 is 42.5. The van der Waals surface area contributed by atoms with Crippen molar-refractivity contribution in [2.75, 3.05) is 25.6 Å². The fourth-order valence-corrected chi connectivity index (χ4v) is 5.02. The first-order chi connectivity index (χ1) is 16.7. The van der Waals surface area contributed by atoms with E-state index in [0.717, 1.165) is 17.0 Å². The normalized spacial score (nSPS) is 11.1. The summed E-state index contributed by atoms with van der Waals surface area (Å²) in [5, 5.41) is 13.1. The molecule has 0 spiro atoms. The molecule has 2 N–H and O–H groups in total. The smallest absolute Gasteiger partial charge is 0.349 e. The number of ether oxygens (including phenoxy) is 2. The molecule has 0 fully saturated rings. The third kappa shape index (κ3) is 4.76. The molecule has 0 amide bonds. The Balaban J connectivity index is 1.61. The molecule has 0 bridgehead atoms. The van der Waals surface area contributed by atoms with Gasteiger partial charge < -0.3 is 24.5 Å². The number of hydrogen-bond donors (Lipinski definition) is 2. The maximum Gasteiger partial charge on any atom is 0.349 e. The van der Waals surface area contributed by atoms with Crippen molar-refractivity contribution in [1.82, 2.24) is 9.55 Å². The van der Waals surface area contributed by atoms with Crippen LogP contribution in [0.1, 0.15) is 22.3 Å². The van der Waals surface area contributed by atoms with Crippen LogP contribution in [0.3, 0.4) is 0 Å². The molecular weight excluding hydrogens is 500 g/mol. The molecule has 0 saturated carbocycles. The Kier molecular flexibility index (Phi) is 7.13.